The van der Waals surface area contributed by atoms with Crippen LogP contribution in [0.15, 0.2) is 40.1 Å². The van der Waals surface area contributed by atoms with Gasteiger partial charge in [0.05, 0.1) is 5.16 Å². The van der Waals surface area contributed by atoms with Gasteiger partial charge in [0.2, 0.25) is 6.19 Å². The molecule has 0 unspecified atom stereocenters. The highest BCUT2D eigenvalue weighted by molar-refractivity contribution is 5.63. The number of hydrogen-bond acceptors (Lipinski definition) is 6. The summed E-state index contributed by atoms with van der Waals surface area (Å²) in [5.41, 5.74) is 0.340. The molecule has 0 fully saturated rings. The first-order valence-corrected chi connectivity index (χ1v) is 4.46. The zero-order valence-corrected chi connectivity index (χ0v) is 8.35. The third-order valence-corrected chi connectivity index (χ3v) is 1.96. The number of hydrogen-bond donors (Lipinski definition) is 0. The van der Waals surface area contributed by atoms with E-state index in [0.29, 0.717) is 5.56 Å². The Morgan fingerprint density at radius 3 is 2.76 bits per heavy atom. The van der Waals surface area contributed by atoms with E-state index in [1.165, 1.54) is 6.19 Å². The largest absolute Gasteiger partial charge is 0.690 e. The van der Waals surface area contributed by atoms with Crippen molar-refractivity contribution >= 4 is 5.82 Å². The van der Waals surface area contributed by atoms with Crippen LogP contribution in [-0.2, 0) is 0 Å². The quantitative estimate of drug-likeness (QED) is 0.252. The van der Waals surface area contributed by atoms with E-state index >= 15 is 0 Å². The first-order valence-electron chi connectivity index (χ1n) is 4.46. The van der Waals surface area contributed by atoms with Crippen molar-refractivity contribution in [3.8, 4) is 17.5 Å². The van der Waals surface area contributed by atoms with E-state index in [2.05, 4.69) is 14.9 Å². The second-order valence-electron chi connectivity index (χ2n) is 2.94. The molecule has 0 bridgehead atoms. The molecule has 0 spiro atoms. The maximum absolute atomic E-state index is 11.3. The molecular weight excluding hydrogens is 226 g/mol. The van der Waals surface area contributed by atoms with Crippen LogP contribution < -0.4 is 4.90 Å². The zero-order chi connectivity index (χ0) is 12.3. The molecule has 0 radical (unpaired) electrons. The van der Waals surface area contributed by atoms with Gasteiger partial charge in [0.15, 0.2) is 0 Å². The molecule has 2 aromatic rings. The average Bonchev–Trinajstić information content (AvgIpc) is 2.73. The summed E-state index contributed by atoms with van der Waals surface area (Å²) in [6, 6.07) is 8.32. The smallest absolute Gasteiger partial charge is 0.425 e. The summed E-state index contributed by atoms with van der Waals surface area (Å²) >= 11 is 0. The second-order valence-corrected chi connectivity index (χ2v) is 2.94. The van der Waals surface area contributed by atoms with Crippen LogP contribution in [0.25, 0.3) is 11.3 Å². The summed E-state index contributed by atoms with van der Waals surface area (Å²) in [6.07, 6.45) is 1.30. The average molecular weight is 231 g/mol. The Balaban J connectivity index is 2.59. The van der Waals surface area contributed by atoms with Gasteiger partial charge in [-0.15, -0.1) is 4.86 Å². The van der Waals surface area contributed by atoms with Crippen molar-refractivity contribution in [2.45, 2.75) is 0 Å². The predicted molar refractivity (Wildman–Crippen MR) is 52.2 cm³/mol. The number of nitriles is 1. The summed E-state index contributed by atoms with van der Waals surface area (Å²) in [4.78, 5) is 0.0166. The lowest BCUT2D eigenvalue weighted by Gasteiger charge is -1.99. The van der Waals surface area contributed by atoms with Crippen LogP contribution >= 0.6 is 0 Å². The Morgan fingerprint density at radius 1 is 1.41 bits per heavy atom. The van der Waals surface area contributed by atoms with Gasteiger partial charge in [0.1, 0.15) is 0 Å². The second kappa shape index (κ2) is 4.28. The van der Waals surface area contributed by atoms with Gasteiger partial charge in [-0.2, -0.15) is 5.26 Å². The molecule has 0 aliphatic rings. The summed E-state index contributed by atoms with van der Waals surface area (Å²) in [6.45, 7) is 0. The highest BCUT2D eigenvalue weighted by Crippen LogP contribution is 2.24. The highest BCUT2D eigenvalue weighted by atomic mass is 16.8. The molecule has 1 aromatic carbocycles. The monoisotopic (exact) mass is 231 g/mol. The van der Waals surface area contributed by atoms with E-state index in [0.717, 1.165) is 0 Å². The van der Waals surface area contributed by atoms with Crippen molar-refractivity contribution in [3.63, 3.8) is 0 Å². The van der Waals surface area contributed by atoms with E-state index in [4.69, 9.17) is 5.26 Å². The molecular formula is C9H5N5O3. The summed E-state index contributed by atoms with van der Waals surface area (Å²) in [7, 11) is 0. The Labute approximate surface area is 94.7 Å². The number of nitrogens with zero attached hydrogens (tertiary/aromatic N) is 5. The minimum Gasteiger partial charge on any atom is -0.690 e. The number of azo groups is 1. The Hall–Kier alpha value is -2.95. The van der Waals surface area contributed by atoms with Gasteiger partial charge in [-0.3, -0.25) is 4.63 Å². The van der Waals surface area contributed by atoms with Crippen molar-refractivity contribution in [1.29, 1.82) is 5.26 Å². The van der Waals surface area contributed by atoms with E-state index in [1.54, 1.807) is 30.3 Å². The molecule has 8 heteroatoms. The van der Waals surface area contributed by atoms with Gasteiger partial charge >= 0.3 is 5.82 Å². The van der Waals surface area contributed by atoms with Gasteiger partial charge in [-0.25, -0.2) is 0 Å². The van der Waals surface area contributed by atoms with Crippen LogP contribution in [0.2, 0.25) is 0 Å². The topological polar surface area (TPSA) is 115 Å². The lowest BCUT2D eigenvalue weighted by Crippen LogP contribution is -2.25. The van der Waals surface area contributed by atoms with E-state index in [-0.39, 0.29) is 21.3 Å². The van der Waals surface area contributed by atoms with Gasteiger partial charge in [-0.1, -0.05) is 30.3 Å². The first kappa shape index (κ1) is 10.6. The Bertz CT molecular complexity index is 599. The fourth-order valence-corrected chi connectivity index (χ4v) is 1.29. The molecule has 1 aromatic heterocycles. The molecule has 17 heavy (non-hydrogen) atoms. The molecule has 0 saturated heterocycles. The molecule has 0 atom stereocenters. The van der Waals surface area contributed by atoms with Crippen LogP contribution in [0, 0.1) is 21.9 Å². The highest BCUT2D eigenvalue weighted by Gasteiger charge is 2.25. The summed E-state index contributed by atoms with van der Waals surface area (Å²) < 4.78 is 4.32. The van der Waals surface area contributed by atoms with Crippen molar-refractivity contribution in [2.24, 2.45) is 5.11 Å². The van der Waals surface area contributed by atoms with Gasteiger partial charge in [0, 0.05) is 10.7 Å². The van der Waals surface area contributed by atoms with Crippen LogP contribution in [0.3, 0.4) is 0 Å². The lowest BCUT2D eigenvalue weighted by atomic mass is 10.1. The zero-order valence-electron chi connectivity index (χ0n) is 8.35. The van der Waals surface area contributed by atoms with Crippen LogP contribution in [-0.4, -0.2) is 10.0 Å². The Kier molecular flexibility index (Phi) is 2.66. The fourth-order valence-electron chi connectivity index (χ4n) is 1.29. The normalized spacial score (nSPS) is 11.1. The predicted octanol–water partition coefficient (Wildman–Crippen LogP) is 1.05. The third kappa shape index (κ3) is 1.89. The van der Waals surface area contributed by atoms with Gasteiger partial charge in [0.25, 0.3) is 5.69 Å². The van der Waals surface area contributed by atoms with Crippen LogP contribution in [0.5, 0.6) is 0 Å². The molecule has 0 saturated carbocycles. The van der Waals surface area contributed by atoms with Crippen molar-refractivity contribution in [2.75, 3.05) is 0 Å². The van der Waals surface area contributed by atoms with Crippen molar-refractivity contribution < 1.29 is 14.4 Å². The number of rotatable bonds is 2. The van der Waals surface area contributed by atoms with Crippen LogP contribution in [0.1, 0.15) is 0 Å². The molecule has 1 heterocycles. The molecule has 8 nitrogen and oxygen atoms in total. The van der Waals surface area contributed by atoms with Crippen molar-refractivity contribution in [1.82, 2.24) is 5.16 Å². The van der Waals surface area contributed by atoms with E-state index < -0.39 is 0 Å². The summed E-state index contributed by atoms with van der Waals surface area (Å²) in [5, 5.41) is 37.1. The Morgan fingerprint density at radius 2 is 2.12 bits per heavy atom. The van der Waals surface area contributed by atoms with E-state index in [1.807, 2.05) is 0 Å². The third-order valence-electron chi connectivity index (χ3n) is 1.96. The molecule has 2 rings (SSSR count). The number of benzene rings is 1. The minimum absolute atomic E-state index is 0.0692. The minimum atomic E-state index is -0.368. The lowest BCUT2D eigenvalue weighted by molar-refractivity contribution is -0.793. The summed E-state index contributed by atoms with van der Waals surface area (Å²) in [5.74, 6) is -0.368. The molecule has 84 valence electrons. The molecule has 0 aliphatic heterocycles. The molecule has 0 amide bonds. The van der Waals surface area contributed by atoms with Crippen molar-refractivity contribution in [3.05, 3.63) is 40.7 Å². The standard InChI is InChI=1S/C9H5N5O3/c10-6-11-13(15)9-8(14(16)17-12-9)7-4-2-1-3-5-7/h1-5H. The maximum Gasteiger partial charge on any atom is 0.425 e. The molecule has 0 N–H and O–H groups in total. The van der Waals surface area contributed by atoms with Crippen LogP contribution in [0.4, 0.5) is 5.82 Å². The number of aromatic nitrogens is 2. The first-order chi connectivity index (χ1) is 8.24. The van der Waals surface area contributed by atoms with Gasteiger partial charge in [-0.05, 0) is 4.90 Å². The van der Waals surface area contributed by atoms with E-state index in [9.17, 15) is 10.4 Å². The van der Waals surface area contributed by atoms with Gasteiger partial charge < -0.3 is 10.4 Å². The SMILES string of the molecule is N#CN=[N+]([O-])c1no[n+]([O-])c1-c1ccccc1. The maximum atomic E-state index is 11.3. The fraction of sp³-hybridized carbons (Fsp3) is 0. The molecule has 0 aliphatic carbocycles.